The van der Waals surface area contributed by atoms with Crippen molar-refractivity contribution < 1.29 is 18.7 Å². The van der Waals surface area contributed by atoms with Crippen molar-refractivity contribution in [3.63, 3.8) is 0 Å². The van der Waals surface area contributed by atoms with Crippen molar-refractivity contribution in [3.05, 3.63) is 95.3 Å². The first-order valence-corrected chi connectivity index (χ1v) is 8.93. The molecule has 0 radical (unpaired) electrons. The summed E-state index contributed by atoms with van der Waals surface area (Å²) >= 11 is 0. The Bertz CT molecular complexity index is 926. The number of carbonyl (C=O) groups is 1. The third-order valence-corrected chi connectivity index (χ3v) is 4.50. The van der Waals surface area contributed by atoms with Crippen LogP contribution in [0.15, 0.2) is 72.8 Å². The molecule has 0 fully saturated rings. The maximum Gasteiger partial charge on any atom is 0.251 e. The number of methoxy groups -OCH3 is 2. The molecule has 0 saturated heterocycles. The zero-order chi connectivity index (χ0) is 19.9. The molecule has 0 aromatic heterocycles. The van der Waals surface area contributed by atoms with E-state index in [1.54, 1.807) is 14.2 Å². The molecule has 28 heavy (non-hydrogen) atoms. The van der Waals surface area contributed by atoms with Crippen LogP contribution in [0.5, 0.6) is 11.5 Å². The van der Waals surface area contributed by atoms with Gasteiger partial charge in [-0.15, -0.1) is 0 Å². The molecule has 1 unspecified atom stereocenters. The summed E-state index contributed by atoms with van der Waals surface area (Å²) in [5.74, 6) is 0.566. The Morgan fingerprint density at radius 1 is 0.929 bits per heavy atom. The smallest absolute Gasteiger partial charge is 0.251 e. The number of hydrogen-bond donors (Lipinski definition) is 1. The minimum Gasteiger partial charge on any atom is -0.493 e. The quantitative estimate of drug-likeness (QED) is 0.655. The highest BCUT2D eigenvalue weighted by molar-refractivity contribution is 5.94. The van der Waals surface area contributed by atoms with Crippen LogP contribution in [0.3, 0.4) is 0 Å². The maximum absolute atomic E-state index is 13.2. The summed E-state index contributed by atoms with van der Waals surface area (Å²) in [6.07, 6.45) is 0.600. The largest absolute Gasteiger partial charge is 0.493 e. The van der Waals surface area contributed by atoms with Crippen LogP contribution in [0.25, 0.3) is 0 Å². The lowest BCUT2D eigenvalue weighted by Gasteiger charge is -2.21. The predicted molar refractivity (Wildman–Crippen MR) is 106 cm³/mol. The summed E-state index contributed by atoms with van der Waals surface area (Å²) in [4.78, 5) is 12.7. The summed E-state index contributed by atoms with van der Waals surface area (Å²) in [7, 11) is 3.15. The summed E-state index contributed by atoms with van der Waals surface area (Å²) in [5, 5.41) is 3.05. The lowest BCUT2D eigenvalue weighted by Crippen LogP contribution is -2.30. The normalized spacial score (nSPS) is 11.5. The zero-order valence-corrected chi connectivity index (χ0v) is 15.8. The Morgan fingerprint density at radius 3 is 2.25 bits per heavy atom. The van der Waals surface area contributed by atoms with Crippen LogP contribution in [0.1, 0.15) is 27.5 Å². The van der Waals surface area contributed by atoms with E-state index in [1.807, 2.05) is 48.5 Å². The van der Waals surface area contributed by atoms with Gasteiger partial charge < -0.3 is 14.8 Å². The molecule has 0 spiro atoms. The summed E-state index contributed by atoms with van der Waals surface area (Å²) in [6.45, 7) is 0. The van der Waals surface area contributed by atoms with Gasteiger partial charge in [0.05, 0.1) is 20.3 Å². The van der Waals surface area contributed by atoms with Crippen LogP contribution in [0, 0.1) is 5.82 Å². The fourth-order valence-electron chi connectivity index (χ4n) is 3.01. The van der Waals surface area contributed by atoms with Crippen molar-refractivity contribution in [2.45, 2.75) is 12.5 Å². The standard InChI is InChI=1S/C23H22FNO3/c1-27-21-13-10-18(15-22(21)28-2)20(14-16-6-4-3-5-7-16)25-23(26)17-8-11-19(24)12-9-17/h3-13,15,20H,14H2,1-2H3,(H,25,26). The Kier molecular flexibility index (Phi) is 6.27. The SMILES string of the molecule is COc1ccc(C(Cc2ccccc2)NC(=O)c2ccc(F)cc2)cc1OC. The van der Waals surface area contributed by atoms with Gasteiger partial charge in [-0.1, -0.05) is 36.4 Å². The summed E-state index contributed by atoms with van der Waals surface area (Å²) in [5.41, 5.74) is 2.37. The van der Waals surface area contributed by atoms with E-state index in [0.29, 0.717) is 23.5 Å². The molecule has 0 bridgehead atoms. The first kappa shape index (κ1) is 19.4. The number of hydrogen-bond acceptors (Lipinski definition) is 3. The van der Waals surface area contributed by atoms with Gasteiger partial charge in [0.25, 0.3) is 5.91 Å². The molecule has 3 rings (SSSR count). The first-order chi connectivity index (χ1) is 13.6. The van der Waals surface area contributed by atoms with Crippen LogP contribution >= 0.6 is 0 Å². The molecule has 3 aromatic rings. The van der Waals surface area contributed by atoms with E-state index in [1.165, 1.54) is 24.3 Å². The van der Waals surface area contributed by atoms with E-state index in [9.17, 15) is 9.18 Å². The van der Waals surface area contributed by atoms with Crippen LogP contribution in [0.2, 0.25) is 0 Å². The second-order valence-corrected chi connectivity index (χ2v) is 6.34. The molecule has 144 valence electrons. The average molecular weight is 379 g/mol. The van der Waals surface area contributed by atoms with E-state index in [-0.39, 0.29) is 17.8 Å². The van der Waals surface area contributed by atoms with Gasteiger partial charge in [-0.05, 0) is 53.9 Å². The van der Waals surface area contributed by atoms with Crippen molar-refractivity contribution in [1.82, 2.24) is 5.32 Å². The van der Waals surface area contributed by atoms with E-state index < -0.39 is 0 Å². The molecule has 5 heteroatoms. The van der Waals surface area contributed by atoms with Crippen molar-refractivity contribution in [2.24, 2.45) is 0 Å². The Morgan fingerprint density at radius 2 is 1.61 bits per heavy atom. The molecule has 0 aliphatic carbocycles. The van der Waals surface area contributed by atoms with Gasteiger partial charge in [0.2, 0.25) is 0 Å². The molecular weight excluding hydrogens is 357 g/mol. The molecule has 0 saturated carbocycles. The van der Waals surface area contributed by atoms with E-state index in [4.69, 9.17) is 9.47 Å². The van der Waals surface area contributed by atoms with E-state index >= 15 is 0 Å². The summed E-state index contributed by atoms with van der Waals surface area (Å²) < 4.78 is 23.9. The predicted octanol–water partition coefficient (Wildman–Crippen LogP) is 4.56. The highest BCUT2D eigenvalue weighted by atomic mass is 19.1. The topological polar surface area (TPSA) is 47.6 Å². The van der Waals surface area contributed by atoms with Crippen molar-refractivity contribution in [1.29, 1.82) is 0 Å². The molecule has 0 heterocycles. The third kappa shape index (κ3) is 4.68. The fourth-order valence-corrected chi connectivity index (χ4v) is 3.01. The van der Waals surface area contributed by atoms with Gasteiger partial charge in [-0.2, -0.15) is 0 Å². The number of carbonyl (C=O) groups excluding carboxylic acids is 1. The van der Waals surface area contributed by atoms with Crippen molar-refractivity contribution in [2.75, 3.05) is 14.2 Å². The molecule has 0 aliphatic heterocycles. The molecule has 1 amide bonds. The summed E-state index contributed by atoms with van der Waals surface area (Å²) in [6, 6.07) is 20.7. The lowest BCUT2D eigenvalue weighted by molar-refractivity contribution is 0.0936. The lowest BCUT2D eigenvalue weighted by atomic mass is 9.98. The van der Waals surface area contributed by atoms with Gasteiger partial charge in [0, 0.05) is 5.56 Å². The Balaban J connectivity index is 1.90. The highest BCUT2D eigenvalue weighted by Crippen LogP contribution is 2.31. The second-order valence-electron chi connectivity index (χ2n) is 6.34. The Hall–Kier alpha value is -3.34. The second kappa shape index (κ2) is 9.04. The van der Waals surface area contributed by atoms with Crippen molar-refractivity contribution >= 4 is 5.91 Å². The maximum atomic E-state index is 13.2. The van der Waals surface area contributed by atoms with Gasteiger partial charge >= 0.3 is 0 Å². The van der Waals surface area contributed by atoms with Crippen molar-refractivity contribution in [3.8, 4) is 11.5 Å². The van der Waals surface area contributed by atoms with Gasteiger partial charge in [0.1, 0.15) is 5.82 Å². The van der Waals surface area contributed by atoms with E-state index in [0.717, 1.165) is 11.1 Å². The molecule has 4 nitrogen and oxygen atoms in total. The number of nitrogens with one attached hydrogen (secondary N) is 1. The third-order valence-electron chi connectivity index (χ3n) is 4.50. The number of benzene rings is 3. The van der Waals surface area contributed by atoms with Crippen LogP contribution in [0.4, 0.5) is 4.39 Å². The average Bonchev–Trinajstić information content (AvgIpc) is 2.74. The number of amides is 1. The molecule has 1 N–H and O–H groups in total. The fraction of sp³-hybridized carbons (Fsp3) is 0.174. The van der Waals surface area contributed by atoms with Crippen LogP contribution in [-0.4, -0.2) is 20.1 Å². The highest BCUT2D eigenvalue weighted by Gasteiger charge is 2.18. The van der Waals surface area contributed by atoms with Gasteiger partial charge in [-0.3, -0.25) is 4.79 Å². The number of rotatable bonds is 7. The molecule has 3 aromatic carbocycles. The first-order valence-electron chi connectivity index (χ1n) is 8.93. The van der Waals surface area contributed by atoms with Gasteiger partial charge in [-0.25, -0.2) is 4.39 Å². The molecule has 0 aliphatic rings. The van der Waals surface area contributed by atoms with Crippen LogP contribution < -0.4 is 14.8 Å². The minimum atomic E-state index is -0.378. The van der Waals surface area contributed by atoms with E-state index in [2.05, 4.69) is 5.32 Å². The minimum absolute atomic E-state index is 0.268. The van der Waals surface area contributed by atoms with Gasteiger partial charge in [0.15, 0.2) is 11.5 Å². The molecular formula is C23H22FNO3. The monoisotopic (exact) mass is 379 g/mol. The Labute approximate surface area is 163 Å². The number of halogens is 1. The van der Waals surface area contributed by atoms with Crippen LogP contribution in [-0.2, 0) is 6.42 Å². The molecule has 1 atom stereocenters. The zero-order valence-electron chi connectivity index (χ0n) is 15.8. The number of ether oxygens (including phenoxy) is 2.